The molecular weight excluding hydrogens is 404 g/mol. The first-order valence-electron chi connectivity index (χ1n) is 10.2. The van der Waals surface area contributed by atoms with E-state index in [1.165, 1.54) is 0 Å². The molecule has 0 fully saturated rings. The molecule has 0 unspecified atom stereocenters. The van der Waals surface area contributed by atoms with E-state index in [1.807, 2.05) is 6.92 Å². The monoisotopic (exact) mass is 442 g/mol. The van der Waals surface area contributed by atoms with Gasteiger partial charge in [-0.15, -0.1) is 0 Å². The van der Waals surface area contributed by atoms with E-state index in [2.05, 4.69) is 4.74 Å². The summed E-state index contributed by atoms with van der Waals surface area (Å²) in [6.45, 7) is 9.93. The van der Waals surface area contributed by atoms with E-state index in [0.717, 1.165) is 0 Å². The SMILES string of the molecule is CCOCCOCCOCCOCCOCCOCCOCCOCCOC(=O)O. The second-order valence-electron chi connectivity index (χ2n) is 5.60. The van der Waals surface area contributed by atoms with Gasteiger partial charge in [0.25, 0.3) is 0 Å². The summed E-state index contributed by atoms with van der Waals surface area (Å²) in [4.78, 5) is 10.1. The molecule has 0 rings (SSSR count). The smallest absolute Gasteiger partial charge is 0.450 e. The van der Waals surface area contributed by atoms with Gasteiger partial charge in [0.1, 0.15) is 6.61 Å². The number of hydrogen-bond donors (Lipinski definition) is 1. The zero-order valence-corrected chi connectivity index (χ0v) is 18.1. The number of carbonyl (C=O) groups is 1. The van der Waals surface area contributed by atoms with Crippen molar-refractivity contribution in [2.45, 2.75) is 6.92 Å². The van der Waals surface area contributed by atoms with Crippen molar-refractivity contribution in [3.8, 4) is 0 Å². The maximum absolute atomic E-state index is 10.1. The Balaban J connectivity index is 2.99. The molecule has 0 aliphatic carbocycles. The first kappa shape index (κ1) is 28.9. The second-order valence-corrected chi connectivity index (χ2v) is 5.60. The Bertz CT molecular complexity index is 344. The van der Waals surface area contributed by atoms with Crippen LogP contribution in [-0.4, -0.2) is 124 Å². The zero-order chi connectivity index (χ0) is 22.0. The Morgan fingerprint density at radius 3 is 0.933 bits per heavy atom. The molecule has 0 radical (unpaired) electrons. The number of hydrogen-bond acceptors (Lipinski definition) is 10. The van der Waals surface area contributed by atoms with Crippen LogP contribution in [0.5, 0.6) is 0 Å². The molecule has 0 amide bonds. The Morgan fingerprint density at radius 1 is 0.467 bits per heavy atom. The average Bonchev–Trinajstić information content (AvgIpc) is 2.73. The Kier molecular flexibility index (Phi) is 25.1. The molecule has 0 aliphatic heterocycles. The first-order chi connectivity index (χ1) is 14.8. The summed E-state index contributed by atoms with van der Waals surface area (Å²) in [6, 6.07) is 0. The minimum atomic E-state index is -1.31. The first-order valence-corrected chi connectivity index (χ1v) is 10.2. The summed E-state index contributed by atoms with van der Waals surface area (Å²) in [5.41, 5.74) is 0. The number of carboxylic acid groups (broad SMARTS) is 1. The molecule has 11 nitrogen and oxygen atoms in total. The Labute approximate surface area is 178 Å². The van der Waals surface area contributed by atoms with E-state index in [0.29, 0.717) is 99.1 Å². The molecule has 0 saturated carbocycles. The summed E-state index contributed by atoms with van der Waals surface area (Å²) >= 11 is 0. The van der Waals surface area contributed by atoms with Crippen LogP contribution in [0.1, 0.15) is 6.92 Å². The van der Waals surface area contributed by atoms with Crippen LogP contribution in [0, 0.1) is 0 Å². The van der Waals surface area contributed by atoms with Crippen LogP contribution in [0.2, 0.25) is 0 Å². The molecule has 0 saturated heterocycles. The van der Waals surface area contributed by atoms with Gasteiger partial charge in [0.15, 0.2) is 0 Å². The fraction of sp³-hybridized carbons (Fsp3) is 0.947. The van der Waals surface area contributed by atoms with Crippen molar-refractivity contribution in [1.82, 2.24) is 0 Å². The van der Waals surface area contributed by atoms with Gasteiger partial charge in [-0.2, -0.15) is 0 Å². The highest BCUT2D eigenvalue weighted by Gasteiger charge is 1.96. The predicted molar refractivity (Wildman–Crippen MR) is 106 cm³/mol. The molecular formula is C19H38O11. The molecule has 180 valence electrons. The minimum Gasteiger partial charge on any atom is -0.450 e. The molecule has 30 heavy (non-hydrogen) atoms. The highest BCUT2D eigenvalue weighted by Crippen LogP contribution is 1.86. The van der Waals surface area contributed by atoms with Gasteiger partial charge in [0.2, 0.25) is 0 Å². The van der Waals surface area contributed by atoms with E-state index >= 15 is 0 Å². The lowest BCUT2D eigenvalue weighted by Gasteiger charge is -2.08. The van der Waals surface area contributed by atoms with E-state index in [1.54, 1.807) is 0 Å². The van der Waals surface area contributed by atoms with Crippen LogP contribution in [0.4, 0.5) is 4.79 Å². The zero-order valence-electron chi connectivity index (χ0n) is 18.1. The van der Waals surface area contributed by atoms with Crippen molar-refractivity contribution in [1.29, 1.82) is 0 Å². The third-order valence-electron chi connectivity index (χ3n) is 3.26. The summed E-state index contributed by atoms with van der Waals surface area (Å²) < 4.78 is 46.7. The van der Waals surface area contributed by atoms with Crippen LogP contribution in [-0.2, 0) is 42.6 Å². The van der Waals surface area contributed by atoms with E-state index in [-0.39, 0.29) is 13.2 Å². The molecule has 11 heteroatoms. The highest BCUT2D eigenvalue weighted by atomic mass is 16.7. The van der Waals surface area contributed by atoms with Crippen LogP contribution in [0.3, 0.4) is 0 Å². The van der Waals surface area contributed by atoms with Gasteiger partial charge in [-0.3, -0.25) is 0 Å². The molecule has 0 aromatic carbocycles. The molecule has 0 aliphatic rings. The minimum absolute atomic E-state index is 0.0163. The molecule has 0 aromatic heterocycles. The standard InChI is InChI=1S/C19H38O11/c1-2-22-3-4-23-5-6-24-7-8-25-9-10-26-11-12-27-13-14-28-15-16-29-17-18-30-19(20)21/h2-18H2,1H3,(H,20,21). The fourth-order valence-corrected chi connectivity index (χ4v) is 1.87. The predicted octanol–water partition coefficient (Wildman–Crippen LogP) is 0.834. The number of rotatable bonds is 25. The van der Waals surface area contributed by atoms with Gasteiger partial charge >= 0.3 is 6.16 Å². The van der Waals surface area contributed by atoms with Crippen molar-refractivity contribution in [3.05, 3.63) is 0 Å². The summed E-state index contributed by atoms with van der Waals surface area (Å²) in [5.74, 6) is 0. The molecule has 0 aromatic rings. The van der Waals surface area contributed by atoms with Crippen molar-refractivity contribution in [2.24, 2.45) is 0 Å². The molecule has 1 N–H and O–H groups in total. The quantitative estimate of drug-likeness (QED) is 0.160. The normalized spacial score (nSPS) is 11.1. The second kappa shape index (κ2) is 26.0. The van der Waals surface area contributed by atoms with Crippen LogP contribution in [0.15, 0.2) is 0 Å². The van der Waals surface area contributed by atoms with Gasteiger partial charge in [-0.25, -0.2) is 4.79 Å². The lowest BCUT2D eigenvalue weighted by atomic mass is 10.6. The van der Waals surface area contributed by atoms with Crippen LogP contribution >= 0.6 is 0 Å². The van der Waals surface area contributed by atoms with Gasteiger partial charge in [-0.1, -0.05) is 0 Å². The van der Waals surface area contributed by atoms with Crippen molar-refractivity contribution in [2.75, 3.05) is 112 Å². The van der Waals surface area contributed by atoms with Gasteiger partial charge < -0.3 is 47.7 Å². The Hall–Kier alpha value is -1.05. The number of ether oxygens (including phenoxy) is 9. The van der Waals surface area contributed by atoms with E-state index in [4.69, 9.17) is 43.0 Å². The molecule has 0 heterocycles. The largest absolute Gasteiger partial charge is 0.505 e. The Morgan fingerprint density at radius 2 is 0.700 bits per heavy atom. The van der Waals surface area contributed by atoms with E-state index in [9.17, 15) is 4.79 Å². The fourth-order valence-electron chi connectivity index (χ4n) is 1.87. The molecule has 0 atom stereocenters. The van der Waals surface area contributed by atoms with Crippen molar-refractivity contribution < 1.29 is 52.5 Å². The topological polar surface area (TPSA) is 120 Å². The third-order valence-corrected chi connectivity index (χ3v) is 3.26. The van der Waals surface area contributed by atoms with Gasteiger partial charge in [-0.05, 0) is 6.92 Å². The lowest BCUT2D eigenvalue weighted by Crippen LogP contribution is -2.15. The molecule has 0 bridgehead atoms. The van der Waals surface area contributed by atoms with Crippen molar-refractivity contribution in [3.63, 3.8) is 0 Å². The van der Waals surface area contributed by atoms with Gasteiger partial charge in [0, 0.05) is 6.61 Å². The summed E-state index contributed by atoms with van der Waals surface area (Å²) in [7, 11) is 0. The molecule has 0 spiro atoms. The van der Waals surface area contributed by atoms with Gasteiger partial charge in [0.05, 0.1) is 99.1 Å². The summed E-state index contributed by atoms with van der Waals surface area (Å²) in [6.07, 6.45) is -1.31. The average molecular weight is 443 g/mol. The summed E-state index contributed by atoms with van der Waals surface area (Å²) in [5, 5.41) is 8.25. The van der Waals surface area contributed by atoms with Crippen molar-refractivity contribution >= 4 is 6.16 Å². The highest BCUT2D eigenvalue weighted by molar-refractivity contribution is 5.56. The third kappa shape index (κ3) is 27.0. The van der Waals surface area contributed by atoms with Crippen LogP contribution < -0.4 is 0 Å². The maximum Gasteiger partial charge on any atom is 0.505 e. The van der Waals surface area contributed by atoms with Crippen LogP contribution in [0.25, 0.3) is 0 Å². The maximum atomic E-state index is 10.1. The van der Waals surface area contributed by atoms with E-state index < -0.39 is 6.16 Å². The lowest BCUT2D eigenvalue weighted by molar-refractivity contribution is -0.0241.